The highest BCUT2D eigenvalue weighted by molar-refractivity contribution is 5.83. The Hall–Kier alpha value is -3.22. The van der Waals surface area contributed by atoms with Crippen LogP contribution >= 0.6 is 0 Å². The van der Waals surface area contributed by atoms with E-state index < -0.39 is 17.8 Å². The Balaban J connectivity index is 1.88. The zero-order valence-electron chi connectivity index (χ0n) is 16.4. The number of carboxylic acid groups (broad SMARTS) is 1. The summed E-state index contributed by atoms with van der Waals surface area (Å²) in [5, 5.41) is 11.1. The lowest BCUT2D eigenvalue weighted by Gasteiger charge is -2.16. The predicted molar refractivity (Wildman–Crippen MR) is 105 cm³/mol. The molecule has 0 fully saturated rings. The van der Waals surface area contributed by atoms with Gasteiger partial charge >= 0.3 is 11.9 Å². The highest BCUT2D eigenvalue weighted by Gasteiger charge is 2.30. The monoisotopic (exact) mass is 397 g/mol. The van der Waals surface area contributed by atoms with Gasteiger partial charge in [0.1, 0.15) is 5.92 Å². The van der Waals surface area contributed by atoms with Crippen LogP contribution in [-0.2, 0) is 20.9 Å². The number of carbonyl (C=O) groups is 2. The van der Waals surface area contributed by atoms with Gasteiger partial charge in [-0.3, -0.25) is 9.59 Å². The van der Waals surface area contributed by atoms with E-state index in [1.165, 1.54) is 0 Å². The van der Waals surface area contributed by atoms with E-state index in [0.717, 1.165) is 21.7 Å². The van der Waals surface area contributed by atoms with Gasteiger partial charge in [0.25, 0.3) is 0 Å². The summed E-state index contributed by atoms with van der Waals surface area (Å²) in [7, 11) is 0. The molecular weight excluding hydrogens is 374 g/mol. The van der Waals surface area contributed by atoms with E-state index in [9.17, 15) is 14.7 Å². The molecule has 7 nitrogen and oxygen atoms in total. The number of carboxylic acids is 1. The first-order valence-corrected chi connectivity index (χ1v) is 9.73. The van der Waals surface area contributed by atoms with Crippen LogP contribution in [0.3, 0.4) is 0 Å². The summed E-state index contributed by atoms with van der Waals surface area (Å²) in [6.07, 6.45) is 6.00. The van der Waals surface area contributed by atoms with Gasteiger partial charge in [0.05, 0.1) is 12.5 Å². The molecule has 1 N–H and O–H groups in total. The lowest BCUT2D eigenvalue weighted by atomic mass is 9.89. The van der Waals surface area contributed by atoms with Crippen molar-refractivity contribution in [2.24, 2.45) is 5.92 Å². The average molecular weight is 397 g/mol. The second-order valence-electron chi connectivity index (χ2n) is 7.02. The molecule has 29 heavy (non-hydrogen) atoms. The van der Waals surface area contributed by atoms with E-state index in [2.05, 4.69) is 0 Å². The first-order valence-electron chi connectivity index (χ1n) is 9.73. The summed E-state index contributed by atoms with van der Waals surface area (Å²) in [6.45, 7) is 4.86. The number of hydrogen-bond acceptors (Lipinski definition) is 5. The molecule has 0 saturated carbocycles. The standard InChI is InChI=1S/C22H23NO6/c1-3-23-11-16(15-7-5-14(21(24)25)9-17(15)23)20(22(26)27-4-2)13-6-8-18-19(10-13)29-12-28-18/h6-11,14,20H,3-5,12H2,1-2H3,(H,24,25). The summed E-state index contributed by atoms with van der Waals surface area (Å²) in [4.78, 5) is 24.4. The van der Waals surface area contributed by atoms with Crippen molar-refractivity contribution in [1.29, 1.82) is 0 Å². The number of aromatic nitrogens is 1. The Bertz CT molecular complexity index is 1080. The molecule has 2 atom stereocenters. The molecule has 2 aromatic rings. The number of aryl methyl sites for hydroxylation is 1. The van der Waals surface area contributed by atoms with Gasteiger partial charge in [-0.2, -0.15) is 0 Å². The van der Waals surface area contributed by atoms with Crippen LogP contribution in [-0.4, -0.2) is 35.0 Å². The molecule has 1 aromatic carbocycles. The average Bonchev–Trinajstić information content (AvgIpc) is 3.32. The van der Waals surface area contributed by atoms with Crippen LogP contribution in [0.15, 0.2) is 24.4 Å². The number of aliphatic carboxylic acids is 1. The normalized spacial score (nSPS) is 17.7. The number of benzene rings is 1. The molecule has 0 amide bonds. The highest BCUT2D eigenvalue weighted by Crippen LogP contribution is 2.36. The van der Waals surface area contributed by atoms with Crippen molar-refractivity contribution in [3.05, 3.63) is 46.1 Å². The summed E-state index contributed by atoms with van der Waals surface area (Å²) in [5.41, 5.74) is 1.55. The molecule has 1 aliphatic carbocycles. The molecule has 7 heteroatoms. The third-order valence-electron chi connectivity index (χ3n) is 5.35. The van der Waals surface area contributed by atoms with Gasteiger partial charge in [-0.25, -0.2) is 0 Å². The second kappa shape index (κ2) is 7.66. The molecule has 0 spiro atoms. The molecule has 2 heterocycles. The van der Waals surface area contributed by atoms with Gasteiger partial charge in [0, 0.05) is 18.1 Å². The van der Waals surface area contributed by atoms with Crippen molar-refractivity contribution in [2.45, 2.75) is 32.7 Å². The maximum absolute atomic E-state index is 13.0. The molecule has 0 radical (unpaired) electrons. The van der Waals surface area contributed by atoms with Gasteiger partial charge in [0.2, 0.25) is 6.79 Å². The van der Waals surface area contributed by atoms with Crippen LogP contribution < -0.4 is 20.0 Å². The number of rotatable bonds is 6. The van der Waals surface area contributed by atoms with Crippen LogP contribution in [0.25, 0.3) is 12.2 Å². The van der Waals surface area contributed by atoms with E-state index in [0.29, 0.717) is 24.5 Å². The molecule has 1 aromatic heterocycles. The van der Waals surface area contributed by atoms with E-state index in [4.69, 9.17) is 14.2 Å². The lowest BCUT2D eigenvalue weighted by molar-refractivity contribution is -0.144. The van der Waals surface area contributed by atoms with Gasteiger partial charge in [-0.1, -0.05) is 12.1 Å². The maximum Gasteiger partial charge on any atom is 0.317 e. The van der Waals surface area contributed by atoms with E-state index in [-0.39, 0.29) is 19.4 Å². The molecule has 0 bridgehead atoms. The van der Waals surface area contributed by atoms with Crippen LogP contribution in [0.5, 0.6) is 11.5 Å². The molecule has 152 valence electrons. The Labute approximate surface area is 167 Å². The summed E-state index contributed by atoms with van der Waals surface area (Å²) in [6, 6.07) is 5.45. The fourth-order valence-corrected chi connectivity index (χ4v) is 3.95. The van der Waals surface area contributed by atoms with Gasteiger partial charge in [-0.05, 0) is 54.8 Å². The Kier molecular flexibility index (Phi) is 5.05. The van der Waals surface area contributed by atoms with Crippen molar-refractivity contribution in [3.63, 3.8) is 0 Å². The summed E-state index contributed by atoms with van der Waals surface area (Å²) in [5.74, 6) is -1.17. The van der Waals surface area contributed by atoms with E-state index in [1.54, 1.807) is 19.1 Å². The topological polar surface area (TPSA) is 87.0 Å². The smallest absolute Gasteiger partial charge is 0.317 e. The third-order valence-corrected chi connectivity index (χ3v) is 5.35. The summed E-state index contributed by atoms with van der Waals surface area (Å²) >= 11 is 0. The largest absolute Gasteiger partial charge is 0.481 e. The van der Waals surface area contributed by atoms with Gasteiger partial charge in [-0.15, -0.1) is 0 Å². The predicted octanol–water partition coefficient (Wildman–Crippen LogP) is 1.60. The minimum Gasteiger partial charge on any atom is -0.481 e. The number of esters is 1. The number of ether oxygens (including phenoxy) is 3. The third kappa shape index (κ3) is 3.37. The quantitative estimate of drug-likeness (QED) is 0.745. The Morgan fingerprint density at radius 1 is 1.28 bits per heavy atom. The van der Waals surface area contributed by atoms with Gasteiger partial charge < -0.3 is 23.9 Å². The molecular formula is C22H23NO6. The van der Waals surface area contributed by atoms with Crippen molar-refractivity contribution in [3.8, 4) is 11.5 Å². The molecule has 4 rings (SSSR count). The van der Waals surface area contributed by atoms with Crippen molar-refractivity contribution in [1.82, 2.24) is 4.57 Å². The van der Waals surface area contributed by atoms with E-state index >= 15 is 0 Å². The zero-order valence-corrected chi connectivity index (χ0v) is 16.4. The fraction of sp³-hybridized carbons (Fsp3) is 0.364. The number of hydrogen-bond donors (Lipinski definition) is 1. The SMILES string of the molecule is CCOC(=O)C(c1ccc2c(c1)OCO2)c1cn(CC)c2c1=CCC(C(=O)O)C=2. The minimum atomic E-state index is -0.852. The van der Waals surface area contributed by atoms with E-state index in [1.807, 2.05) is 35.9 Å². The van der Waals surface area contributed by atoms with Crippen molar-refractivity contribution >= 4 is 24.1 Å². The number of fused-ring (bicyclic) bond motifs is 2. The Morgan fingerprint density at radius 3 is 2.79 bits per heavy atom. The second-order valence-corrected chi connectivity index (χ2v) is 7.02. The number of carbonyl (C=O) groups excluding carboxylic acids is 1. The molecule has 2 aliphatic rings. The highest BCUT2D eigenvalue weighted by atomic mass is 16.7. The summed E-state index contributed by atoms with van der Waals surface area (Å²) < 4.78 is 18.2. The first kappa shape index (κ1) is 19.1. The van der Waals surface area contributed by atoms with Crippen LogP contribution in [0.4, 0.5) is 0 Å². The fourth-order valence-electron chi connectivity index (χ4n) is 3.95. The molecule has 2 unspecified atom stereocenters. The van der Waals surface area contributed by atoms with Crippen molar-refractivity contribution < 1.29 is 28.9 Å². The molecule has 1 aliphatic heterocycles. The zero-order chi connectivity index (χ0) is 20.5. The molecule has 0 saturated heterocycles. The lowest BCUT2D eigenvalue weighted by Crippen LogP contribution is -2.36. The van der Waals surface area contributed by atoms with Crippen molar-refractivity contribution in [2.75, 3.05) is 13.4 Å². The maximum atomic E-state index is 13.0. The van der Waals surface area contributed by atoms with Gasteiger partial charge in [0.15, 0.2) is 11.5 Å². The van der Waals surface area contributed by atoms with Crippen LogP contribution in [0, 0.1) is 5.92 Å². The Morgan fingerprint density at radius 2 is 2.07 bits per heavy atom. The van der Waals surface area contributed by atoms with Crippen LogP contribution in [0.1, 0.15) is 37.3 Å². The minimum absolute atomic E-state index is 0.157. The van der Waals surface area contributed by atoms with Crippen LogP contribution in [0.2, 0.25) is 0 Å². The number of nitrogens with zero attached hydrogens (tertiary/aromatic N) is 1. The first-order chi connectivity index (χ1) is 14.0.